The third-order valence-electron chi connectivity index (χ3n) is 5.72. The lowest BCUT2D eigenvalue weighted by Gasteiger charge is -2.30. The Labute approximate surface area is 167 Å². The van der Waals surface area contributed by atoms with Crippen LogP contribution in [0.3, 0.4) is 0 Å². The molecule has 0 amide bonds. The van der Waals surface area contributed by atoms with Crippen molar-refractivity contribution in [3.8, 4) is 5.75 Å². The number of aromatic nitrogens is 3. The van der Waals surface area contributed by atoms with Gasteiger partial charge in [0.15, 0.2) is 5.82 Å². The molecule has 7 heteroatoms. The molecular weight excluding hydrogens is 354 g/mol. The average molecular weight is 386 g/mol. The number of anilines is 2. The van der Waals surface area contributed by atoms with Crippen LogP contribution in [0.5, 0.6) is 5.75 Å². The van der Waals surface area contributed by atoms with Crippen molar-refractivity contribution in [1.82, 2.24) is 15.1 Å². The van der Waals surface area contributed by atoms with E-state index in [0.717, 1.165) is 63.0 Å². The molecule has 4 rings (SSSR count). The summed E-state index contributed by atoms with van der Waals surface area (Å²) in [6, 6.07) is 4.80. The molecule has 2 saturated heterocycles. The summed E-state index contributed by atoms with van der Waals surface area (Å²) < 4.78 is 11.4. The molecule has 0 N–H and O–H groups in total. The first-order valence-corrected chi connectivity index (χ1v) is 10.6. The summed E-state index contributed by atoms with van der Waals surface area (Å²) in [7, 11) is 0. The highest BCUT2D eigenvalue weighted by Crippen LogP contribution is 2.25. The van der Waals surface area contributed by atoms with Gasteiger partial charge in [0.25, 0.3) is 0 Å². The van der Waals surface area contributed by atoms with Gasteiger partial charge in [0, 0.05) is 32.1 Å². The number of piperidine rings is 2. The highest BCUT2D eigenvalue weighted by Gasteiger charge is 2.24. The number of nitrogens with zero attached hydrogens (tertiary/aromatic N) is 5. The summed E-state index contributed by atoms with van der Waals surface area (Å²) >= 11 is 0. The number of hydrogen-bond acceptors (Lipinski definition) is 7. The first-order chi connectivity index (χ1) is 13.7. The SMILES string of the molecule is CC(C)c1noc(N2CCC(COc3ccc(N4CCCCC4)nc3)CC2)n1. The number of rotatable bonds is 6. The minimum Gasteiger partial charge on any atom is -0.492 e. The van der Waals surface area contributed by atoms with E-state index in [1.54, 1.807) is 0 Å². The van der Waals surface area contributed by atoms with E-state index in [4.69, 9.17) is 9.26 Å². The zero-order chi connectivity index (χ0) is 19.3. The Morgan fingerprint density at radius 1 is 1.07 bits per heavy atom. The first kappa shape index (κ1) is 19.0. The highest BCUT2D eigenvalue weighted by molar-refractivity contribution is 5.41. The fraction of sp³-hybridized carbons (Fsp3) is 0.667. The molecule has 0 unspecified atom stereocenters. The van der Waals surface area contributed by atoms with E-state index >= 15 is 0 Å². The van der Waals surface area contributed by atoms with Crippen LogP contribution in [0.15, 0.2) is 22.9 Å². The molecule has 0 radical (unpaired) electrons. The average Bonchev–Trinajstić information content (AvgIpc) is 3.24. The minimum absolute atomic E-state index is 0.290. The van der Waals surface area contributed by atoms with E-state index in [9.17, 15) is 0 Å². The molecule has 2 aliphatic heterocycles. The van der Waals surface area contributed by atoms with Crippen LogP contribution in [-0.4, -0.2) is 47.9 Å². The number of ether oxygens (including phenoxy) is 1. The summed E-state index contributed by atoms with van der Waals surface area (Å²) in [6.45, 7) is 8.98. The van der Waals surface area contributed by atoms with E-state index in [2.05, 4.69) is 50.9 Å². The molecule has 4 heterocycles. The van der Waals surface area contributed by atoms with Gasteiger partial charge >= 0.3 is 6.01 Å². The zero-order valence-electron chi connectivity index (χ0n) is 17.0. The summed E-state index contributed by atoms with van der Waals surface area (Å²) in [5, 5.41) is 4.06. The maximum absolute atomic E-state index is 6.01. The molecular formula is C21H31N5O2. The predicted molar refractivity (Wildman–Crippen MR) is 109 cm³/mol. The molecule has 28 heavy (non-hydrogen) atoms. The Morgan fingerprint density at radius 2 is 1.86 bits per heavy atom. The monoisotopic (exact) mass is 385 g/mol. The summed E-state index contributed by atoms with van der Waals surface area (Å²) in [4.78, 5) is 13.7. The quantitative estimate of drug-likeness (QED) is 0.747. The van der Waals surface area contributed by atoms with Crippen LogP contribution in [0.2, 0.25) is 0 Å². The van der Waals surface area contributed by atoms with Gasteiger partial charge in [-0.2, -0.15) is 4.98 Å². The molecule has 0 saturated carbocycles. The summed E-state index contributed by atoms with van der Waals surface area (Å²) in [6.07, 6.45) is 7.87. The van der Waals surface area contributed by atoms with Gasteiger partial charge in [0.2, 0.25) is 0 Å². The van der Waals surface area contributed by atoms with Gasteiger partial charge in [0.05, 0.1) is 12.8 Å². The maximum Gasteiger partial charge on any atom is 0.324 e. The second-order valence-electron chi connectivity index (χ2n) is 8.23. The van der Waals surface area contributed by atoms with Gasteiger partial charge in [-0.15, -0.1) is 0 Å². The van der Waals surface area contributed by atoms with Crippen LogP contribution in [0.25, 0.3) is 0 Å². The minimum atomic E-state index is 0.290. The molecule has 0 aromatic carbocycles. The van der Waals surface area contributed by atoms with Crippen molar-refractivity contribution < 1.29 is 9.26 Å². The lowest BCUT2D eigenvalue weighted by Crippen LogP contribution is -2.35. The molecule has 7 nitrogen and oxygen atoms in total. The van der Waals surface area contributed by atoms with Crippen molar-refractivity contribution in [2.45, 2.75) is 51.9 Å². The van der Waals surface area contributed by atoms with Gasteiger partial charge in [-0.3, -0.25) is 0 Å². The third-order valence-corrected chi connectivity index (χ3v) is 5.72. The van der Waals surface area contributed by atoms with Crippen molar-refractivity contribution in [3.63, 3.8) is 0 Å². The van der Waals surface area contributed by atoms with E-state index < -0.39 is 0 Å². The summed E-state index contributed by atoms with van der Waals surface area (Å²) in [5.74, 6) is 3.55. The number of hydrogen-bond donors (Lipinski definition) is 0. The van der Waals surface area contributed by atoms with E-state index in [1.165, 1.54) is 19.3 Å². The lowest BCUT2D eigenvalue weighted by molar-refractivity contribution is 0.219. The molecule has 0 bridgehead atoms. The van der Waals surface area contributed by atoms with Gasteiger partial charge in [-0.25, -0.2) is 4.98 Å². The Kier molecular flexibility index (Phi) is 5.98. The van der Waals surface area contributed by atoms with Crippen molar-refractivity contribution in [2.24, 2.45) is 5.92 Å². The van der Waals surface area contributed by atoms with Crippen LogP contribution in [0, 0.1) is 5.92 Å². The van der Waals surface area contributed by atoms with Crippen LogP contribution < -0.4 is 14.5 Å². The Hall–Kier alpha value is -2.31. The largest absolute Gasteiger partial charge is 0.492 e. The van der Waals surface area contributed by atoms with Crippen molar-refractivity contribution >= 4 is 11.8 Å². The smallest absolute Gasteiger partial charge is 0.324 e. The lowest BCUT2D eigenvalue weighted by atomic mass is 9.98. The van der Waals surface area contributed by atoms with Crippen LogP contribution in [-0.2, 0) is 0 Å². The van der Waals surface area contributed by atoms with E-state index in [0.29, 0.717) is 17.9 Å². The Morgan fingerprint density at radius 3 is 2.50 bits per heavy atom. The normalized spacial score (nSPS) is 18.7. The van der Waals surface area contributed by atoms with E-state index in [-0.39, 0.29) is 0 Å². The molecule has 2 aliphatic rings. The Balaban J connectivity index is 1.22. The fourth-order valence-corrected chi connectivity index (χ4v) is 3.86. The van der Waals surface area contributed by atoms with Crippen LogP contribution in [0.4, 0.5) is 11.8 Å². The molecule has 0 atom stereocenters. The predicted octanol–water partition coefficient (Wildman–Crippen LogP) is 3.87. The second-order valence-corrected chi connectivity index (χ2v) is 8.23. The fourth-order valence-electron chi connectivity index (χ4n) is 3.86. The summed E-state index contributed by atoms with van der Waals surface area (Å²) in [5.41, 5.74) is 0. The van der Waals surface area contributed by atoms with E-state index in [1.807, 2.05) is 6.20 Å². The van der Waals surface area contributed by atoms with Gasteiger partial charge < -0.3 is 19.1 Å². The van der Waals surface area contributed by atoms with Crippen LogP contribution >= 0.6 is 0 Å². The molecule has 0 aliphatic carbocycles. The topological polar surface area (TPSA) is 67.5 Å². The van der Waals surface area contributed by atoms with Gasteiger partial charge in [-0.05, 0) is 50.2 Å². The Bertz CT molecular complexity index is 732. The third kappa shape index (κ3) is 4.56. The second kappa shape index (κ2) is 8.80. The van der Waals surface area contributed by atoms with Crippen molar-refractivity contribution in [2.75, 3.05) is 42.6 Å². The molecule has 2 aromatic rings. The molecule has 2 fully saturated rings. The van der Waals surface area contributed by atoms with Crippen LogP contribution in [0.1, 0.15) is 57.7 Å². The standard InChI is InChI=1S/C21H31N5O2/c1-16(2)20-23-21(28-24-20)26-12-8-17(9-13-26)15-27-18-6-7-19(22-14-18)25-10-4-3-5-11-25/h6-7,14,16-17H,3-5,8-13,15H2,1-2H3. The van der Waals surface area contributed by atoms with Gasteiger partial charge in [-0.1, -0.05) is 19.0 Å². The van der Waals surface area contributed by atoms with Crippen molar-refractivity contribution in [1.29, 1.82) is 0 Å². The molecule has 0 spiro atoms. The molecule has 2 aromatic heterocycles. The molecule has 152 valence electrons. The zero-order valence-corrected chi connectivity index (χ0v) is 17.0. The number of pyridine rings is 1. The van der Waals surface area contributed by atoms with Gasteiger partial charge in [0.1, 0.15) is 11.6 Å². The van der Waals surface area contributed by atoms with Crippen molar-refractivity contribution in [3.05, 3.63) is 24.2 Å². The highest BCUT2D eigenvalue weighted by atomic mass is 16.5. The first-order valence-electron chi connectivity index (χ1n) is 10.6. The maximum atomic E-state index is 6.01.